The molecular formula is C9H11ClN2OS. The number of amidine groups is 1. The van der Waals surface area contributed by atoms with Gasteiger partial charge in [0.1, 0.15) is 5.84 Å². The maximum absolute atomic E-state index is 8.69. The summed E-state index contributed by atoms with van der Waals surface area (Å²) < 4.78 is 0. The van der Waals surface area contributed by atoms with E-state index in [1.54, 1.807) is 12.1 Å². The molecule has 0 aliphatic heterocycles. The minimum absolute atomic E-state index is 0.0453. The molecule has 76 valence electrons. The van der Waals surface area contributed by atoms with Crippen molar-refractivity contribution in [2.45, 2.75) is 4.90 Å². The fourth-order valence-electron chi connectivity index (χ4n) is 1.04. The molecule has 0 aliphatic rings. The summed E-state index contributed by atoms with van der Waals surface area (Å²) in [5.74, 6) is 0.525. The molecule has 0 spiro atoms. The molecule has 0 fully saturated rings. The van der Waals surface area contributed by atoms with E-state index >= 15 is 0 Å². The molecule has 0 aromatic heterocycles. The number of hydrogen-bond acceptors (Lipinski definition) is 3. The largest absolute Gasteiger partial charge is 0.396 e. The van der Waals surface area contributed by atoms with Crippen LogP contribution >= 0.6 is 23.4 Å². The first-order valence-corrected chi connectivity index (χ1v) is 5.39. The number of nitrogen functional groups attached to an aromatic ring is 1. The van der Waals surface area contributed by atoms with Crippen molar-refractivity contribution in [2.75, 3.05) is 12.4 Å². The molecule has 0 saturated heterocycles. The first-order valence-electron chi connectivity index (χ1n) is 4.03. The van der Waals surface area contributed by atoms with Crippen LogP contribution in [-0.4, -0.2) is 23.3 Å². The minimum Gasteiger partial charge on any atom is -0.396 e. The Morgan fingerprint density at radius 2 is 2.29 bits per heavy atom. The van der Waals surface area contributed by atoms with Crippen molar-refractivity contribution in [1.82, 2.24) is 0 Å². The van der Waals surface area contributed by atoms with Gasteiger partial charge >= 0.3 is 0 Å². The maximum Gasteiger partial charge on any atom is 0.125 e. The Morgan fingerprint density at radius 3 is 2.86 bits per heavy atom. The minimum atomic E-state index is -0.0453. The molecule has 1 aromatic carbocycles. The highest BCUT2D eigenvalue weighted by Crippen LogP contribution is 2.27. The Labute approximate surface area is 91.8 Å². The number of thioether (sulfide) groups is 1. The van der Waals surface area contributed by atoms with E-state index in [-0.39, 0.29) is 12.4 Å². The van der Waals surface area contributed by atoms with Crippen molar-refractivity contribution in [3.8, 4) is 0 Å². The average molecular weight is 231 g/mol. The van der Waals surface area contributed by atoms with E-state index in [2.05, 4.69) is 0 Å². The molecule has 1 aromatic rings. The van der Waals surface area contributed by atoms with Crippen molar-refractivity contribution in [3.63, 3.8) is 0 Å². The summed E-state index contributed by atoms with van der Waals surface area (Å²) in [5.41, 5.74) is 5.96. The summed E-state index contributed by atoms with van der Waals surface area (Å²) in [6.07, 6.45) is 0. The third kappa shape index (κ3) is 2.64. The summed E-state index contributed by atoms with van der Waals surface area (Å²) in [6, 6.07) is 5.33. The van der Waals surface area contributed by atoms with Crippen molar-refractivity contribution in [1.29, 1.82) is 5.41 Å². The van der Waals surface area contributed by atoms with Gasteiger partial charge in [-0.25, -0.2) is 0 Å². The third-order valence-corrected chi connectivity index (χ3v) is 2.95. The lowest BCUT2D eigenvalue weighted by Gasteiger charge is -2.08. The van der Waals surface area contributed by atoms with Crippen LogP contribution in [0.3, 0.4) is 0 Å². The van der Waals surface area contributed by atoms with E-state index in [0.29, 0.717) is 16.3 Å². The van der Waals surface area contributed by atoms with Gasteiger partial charge in [0, 0.05) is 16.2 Å². The number of nitrogens with two attached hydrogens (primary N) is 1. The lowest BCUT2D eigenvalue weighted by Crippen LogP contribution is -2.13. The highest BCUT2D eigenvalue weighted by Gasteiger charge is 2.09. The summed E-state index contributed by atoms with van der Waals surface area (Å²) in [4.78, 5) is 0.832. The molecule has 5 heteroatoms. The fourth-order valence-corrected chi connectivity index (χ4v) is 2.22. The number of halogens is 1. The third-order valence-electron chi connectivity index (χ3n) is 1.59. The molecule has 0 saturated carbocycles. The molecule has 0 atom stereocenters. The van der Waals surface area contributed by atoms with E-state index in [4.69, 9.17) is 27.9 Å². The van der Waals surface area contributed by atoms with Gasteiger partial charge < -0.3 is 10.8 Å². The van der Waals surface area contributed by atoms with Crippen LogP contribution in [0.1, 0.15) is 5.56 Å². The highest BCUT2D eigenvalue weighted by molar-refractivity contribution is 7.99. The van der Waals surface area contributed by atoms with Crippen LogP contribution in [0.2, 0.25) is 5.02 Å². The molecule has 0 radical (unpaired) electrons. The van der Waals surface area contributed by atoms with Crippen LogP contribution in [0.15, 0.2) is 23.1 Å². The second-order valence-electron chi connectivity index (χ2n) is 2.60. The van der Waals surface area contributed by atoms with Gasteiger partial charge in [-0.1, -0.05) is 17.7 Å². The van der Waals surface area contributed by atoms with Crippen LogP contribution in [0, 0.1) is 5.41 Å². The molecule has 14 heavy (non-hydrogen) atoms. The predicted octanol–water partition coefficient (Wildman–Crippen LogP) is 1.71. The van der Waals surface area contributed by atoms with Crippen molar-refractivity contribution < 1.29 is 5.11 Å². The Morgan fingerprint density at radius 1 is 1.57 bits per heavy atom. The Hall–Kier alpha value is -0.710. The van der Waals surface area contributed by atoms with E-state index in [1.165, 1.54) is 11.8 Å². The first-order chi connectivity index (χ1) is 6.66. The van der Waals surface area contributed by atoms with Gasteiger partial charge in [0.25, 0.3) is 0 Å². The van der Waals surface area contributed by atoms with Gasteiger partial charge in [-0.2, -0.15) is 0 Å². The molecular weight excluding hydrogens is 220 g/mol. The quantitative estimate of drug-likeness (QED) is 0.419. The van der Waals surface area contributed by atoms with Crippen molar-refractivity contribution in [2.24, 2.45) is 5.73 Å². The Balaban J connectivity index is 3.02. The lowest BCUT2D eigenvalue weighted by atomic mass is 10.2. The van der Waals surface area contributed by atoms with Gasteiger partial charge in [0.15, 0.2) is 0 Å². The van der Waals surface area contributed by atoms with Crippen LogP contribution in [0.4, 0.5) is 0 Å². The molecule has 0 bridgehead atoms. The van der Waals surface area contributed by atoms with Gasteiger partial charge in [-0.15, -0.1) is 11.8 Å². The van der Waals surface area contributed by atoms with E-state index in [0.717, 1.165) is 4.90 Å². The van der Waals surface area contributed by atoms with E-state index < -0.39 is 0 Å². The molecule has 1 rings (SSSR count). The van der Waals surface area contributed by atoms with Gasteiger partial charge in [0.05, 0.1) is 11.6 Å². The summed E-state index contributed by atoms with van der Waals surface area (Å²) in [6.45, 7) is 0.0918. The standard InChI is InChI=1S/C9H11ClN2OS/c10-6-2-1-3-7(14-5-4-13)8(6)9(11)12/h1-3,13H,4-5H2,(H3,11,12). The number of benzene rings is 1. The average Bonchev–Trinajstić information content (AvgIpc) is 2.14. The van der Waals surface area contributed by atoms with Crippen LogP contribution in [0.5, 0.6) is 0 Å². The smallest absolute Gasteiger partial charge is 0.125 e. The maximum atomic E-state index is 8.69. The highest BCUT2D eigenvalue weighted by atomic mass is 35.5. The normalized spacial score (nSPS) is 10.1. The van der Waals surface area contributed by atoms with E-state index in [9.17, 15) is 0 Å². The molecule has 0 aliphatic carbocycles. The van der Waals surface area contributed by atoms with Crippen LogP contribution in [-0.2, 0) is 0 Å². The van der Waals surface area contributed by atoms with Crippen LogP contribution < -0.4 is 5.73 Å². The molecule has 0 unspecified atom stereocenters. The Kier molecular flexibility index (Phi) is 4.25. The molecule has 0 amide bonds. The zero-order valence-electron chi connectivity index (χ0n) is 7.46. The number of nitrogens with one attached hydrogen (secondary N) is 1. The van der Waals surface area contributed by atoms with Gasteiger partial charge in [-0.3, -0.25) is 5.41 Å². The summed E-state index contributed by atoms with van der Waals surface area (Å²) >= 11 is 7.34. The van der Waals surface area contributed by atoms with Gasteiger partial charge in [0.2, 0.25) is 0 Å². The topological polar surface area (TPSA) is 70.1 Å². The lowest BCUT2D eigenvalue weighted by molar-refractivity contribution is 0.322. The fraction of sp³-hybridized carbons (Fsp3) is 0.222. The summed E-state index contributed by atoms with van der Waals surface area (Å²) in [7, 11) is 0. The first kappa shape index (κ1) is 11.4. The number of aliphatic hydroxyl groups excluding tert-OH is 1. The monoisotopic (exact) mass is 230 g/mol. The van der Waals surface area contributed by atoms with Crippen molar-refractivity contribution >= 4 is 29.2 Å². The number of aliphatic hydroxyl groups is 1. The summed E-state index contributed by atoms with van der Waals surface area (Å²) in [5, 5.41) is 16.5. The number of rotatable bonds is 4. The second kappa shape index (κ2) is 5.24. The molecule has 3 nitrogen and oxygen atoms in total. The second-order valence-corrected chi connectivity index (χ2v) is 4.14. The SMILES string of the molecule is N=C(N)c1c(Cl)cccc1SCCO. The van der Waals surface area contributed by atoms with Gasteiger partial charge in [-0.05, 0) is 12.1 Å². The number of hydrogen-bond donors (Lipinski definition) is 3. The zero-order valence-corrected chi connectivity index (χ0v) is 9.03. The zero-order chi connectivity index (χ0) is 10.6. The Bertz CT molecular complexity index is 344. The molecule has 4 N–H and O–H groups in total. The van der Waals surface area contributed by atoms with E-state index in [1.807, 2.05) is 6.07 Å². The molecule has 0 heterocycles. The van der Waals surface area contributed by atoms with Crippen molar-refractivity contribution in [3.05, 3.63) is 28.8 Å². The predicted molar refractivity (Wildman–Crippen MR) is 60.3 cm³/mol. The van der Waals surface area contributed by atoms with Crippen LogP contribution in [0.25, 0.3) is 0 Å².